The maximum Gasteiger partial charge on any atom is 0.306 e. The molecule has 49 heavy (non-hydrogen) atoms. The second-order valence-corrected chi connectivity index (χ2v) is 17.7. The molecule has 0 aromatic carbocycles. The van der Waals surface area contributed by atoms with Gasteiger partial charge in [-0.2, -0.15) is 0 Å². The monoisotopic (exact) mass is 673 g/mol. The molecule has 0 saturated heterocycles. The number of carbonyl (C=O) groups excluding carboxylic acids is 1. The molecule has 9 atom stereocenters. The minimum Gasteiger partial charge on any atom is -0.462 e. The Kier molecular flexibility index (Phi) is 16.1. The van der Waals surface area contributed by atoms with E-state index in [4.69, 9.17) is 4.74 Å². The number of rotatable bonds is 19. The molecule has 3 saturated carbocycles. The fourth-order valence-corrected chi connectivity index (χ4v) is 11.3. The van der Waals surface area contributed by atoms with Crippen LogP contribution in [0.25, 0.3) is 0 Å². The van der Waals surface area contributed by atoms with Crippen molar-refractivity contribution in [3.63, 3.8) is 0 Å². The molecule has 0 aromatic rings. The second-order valence-electron chi connectivity index (χ2n) is 17.7. The summed E-state index contributed by atoms with van der Waals surface area (Å²) in [4.78, 5) is 12.8. The molecule has 0 amide bonds. The number of unbranched alkanes of at least 4 members (excludes halogenated alkanes) is 5. The molecule has 0 bridgehead atoms. The lowest BCUT2D eigenvalue weighted by molar-refractivity contribution is -0.151. The van der Waals surface area contributed by atoms with Crippen molar-refractivity contribution in [2.75, 3.05) is 0 Å². The fraction of sp³-hybridized carbons (Fsp3) is 0.766. The van der Waals surface area contributed by atoms with Crippen molar-refractivity contribution in [3.05, 3.63) is 60.3 Å². The van der Waals surface area contributed by atoms with Gasteiger partial charge in [0.1, 0.15) is 6.10 Å². The number of hydrogen-bond donors (Lipinski definition) is 0. The van der Waals surface area contributed by atoms with Gasteiger partial charge in [0.2, 0.25) is 0 Å². The highest BCUT2D eigenvalue weighted by Crippen LogP contribution is 2.67. The summed E-state index contributed by atoms with van der Waals surface area (Å²) >= 11 is 0. The predicted octanol–water partition coefficient (Wildman–Crippen LogP) is 13.9. The SMILES string of the molecule is CC/C=C/C=C/C=C/C=C\CCCCCCCC(=O)OC1CCC2(C)C(=CCC3C2CCC2(C)C(C(C)CCC(CC)C(C)C)CCC32)C1. The smallest absolute Gasteiger partial charge is 0.306 e. The van der Waals surface area contributed by atoms with E-state index in [-0.39, 0.29) is 12.1 Å². The third-order valence-electron chi connectivity index (χ3n) is 14.4. The van der Waals surface area contributed by atoms with Crippen LogP contribution in [0.1, 0.15) is 170 Å². The zero-order chi connectivity index (χ0) is 35.3. The standard InChI is InChI=1S/C47H76O2/c1-8-10-11-12-13-14-15-16-17-18-19-20-21-22-23-24-45(48)49-40-31-33-46(6)39(35-40)27-28-41-43-30-29-42(47(43,7)34-32-44(41)46)37(5)25-26-38(9-2)36(3)4/h10-17,27,36-38,40-44H,8-9,18-26,28-35H2,1-7H3/b11-10+,13-12+,15-14+,17-16-. The van der Waals surface area contributed by atoms with Crippen LogP contribution in [0.2, 0.25) is 0 Å². The first-order valence-electron chi connectivity index (χ1n) is 21.2. The van der Waals surface area contributed by atoms with Gasteiger partial charge < -0.3 is 4.74 Å². The Bertz CT molecular complexity index is 1150. The number of esters is 1. The molecule has 2 nitrogen and oxygen atoms in total. The van der Waals surface area contributed by atoms with Gasteiger partial charge in [0.25, 0.3) is 0 Å². The fourth-order valence-electron chi connectivity index (χ4n) is 11.3. The topological polar surface area (TPSA) is 26.3 Å². The summed E-state index contributed by atoms with van der Waals surface area (Å²) in [6.45, 7) is 17.3. The maximum atomic E-state index is 12.8. The van der Waals surface area contributed by atoms with Gasteiger partial charge in [-0.1, -0.05) is 141 Å². The quantitative estimate of drug-likeness (QED) is 0.0591. The van der Waals surface area contributed by atoms with Crippen LogP contribution in [0.3, 0.4) is 0 Å². The van der Waals surface area contributed by atoms with E-state index in [0.717, 1.165) is 80.0 Å². The zero-order valence-electron chi connectivity index (χ0n) is 33.1. The molecule has 4 rings (SSSR count). The van der Waals surface area contributed by atoms with Crippen LogP contribution in [0.15, 0.2) is 60.3 Å². The molecule has 0 radical (unpaired) electrons. The van der Waals surface area contributed by atoms with Gasteiger partial charge >= 0.3 is 5.97 Å². The summed E-state index contributed by atoms with van der Waals surface area (Å²) < 4.78 is 6.12. The first kappa shape index (κ1) is 39.9. The minimum atomic E-state index is 0.0371. The number of carbonyl (C=O) groups is 1. The third-order valence-corrected chi connectivity index (χ3v) is 14.4. The van der Waals surface area contributed by atoms with Crippen molar-refractivity contribution >= 4 is 5.97 Å². The summed E-state index contributed by atoms with van der Waals surface area (Å²) in [6.07, 6.45) is 42.7. The highest BCUT2D eigenvalue weighted by atomic mass is 16.5. The Morgan fingerprint density at radius 1 is 0.837 bits per heavy atom. The molecule has 0 aliphatic heterocycles. The van der Waals surface area contributed by atoms with Crippen LogP contribution in [-0.2, 0) is 9.53 Å². The van der Waals surface area contributed by atoms with E-state index < -0.39 is 0 Å². The van der Waals surface area contributed by atoms with E-state index in [1.165, 1.54) is 77.0 Å². The normalized spacial score (nSPS) is 32.9. The average molecular weight is 673 g/mol. The maximum absolute atomic E-state index is 12.8. The van der Waals surface area contributed by atoms with Crippen LogP contribution in [0, 0.1) is 52.3 Å². The van der Waals surface area contributed by atoms with Crippen LogP contribution in [0.5, 0.6) is 0 Å². The van der Waals surface area contributed by atoms with E-state index in [1.807, 2.05) is 0 Å². The molecule has 0 spiro atoms. The van der Waals surface area contributed by atoms with E-state index in [1.54, 1.807) is 5.57 Å². The molecule has 2 heteroatoms. The molecule has 3 fully saturated rings. The predicted molar refractivity (Wildman–Crippen MR) is 211 cm³/mol. The summed E-state index contributed by atoms with van der Waals surface area (Å²) in [5.74, 6) is 6.09. The average Bonchev–Trinajstić information content (AvgIpc) is 3.44. The lowest BCUT2D eigenvalue weighted by Gasteiger charge is -2.58. The number of allylic oxidation sites excluding steroid dienone is 9. The number of hydrogen-bond acceptors (Lipinski definition) is 2. The molecule has 276 valence electrons. The minimum absolute atomic E-state index is 0.0371. The lowest BCUT2D eigenvalue weighted by atomic mass is 9.47. The first-order chi connectivity index (χ1) is 23.6. The Hall–Kier alpha value is -1.83. The van der Waals surface area contributed by atoms with Crippen molar-refractivity contribution in [1.29, 1.82) is 0 Å². The molecular formula is C47H76O2. The first-order valence-corrected chi connectivity index (χ1v) is 21.2. The van der Waals surface area contributed by atoms with Gasteiger partial charge in [-0.3, -0.25) is 4.79 Å². The van der Waals surface area contributed by atoms with Gasteiger partial charge in [-0.05, 0) is 129 Å². The largest absolute Gasteiger partial charge is 0.462 e. The van der Waals surface area contributed by atoms with Gasteiger partial charge in [0, 0.05) is 12.8 Å². The van der Waals surface area contributed by atoms with Gasteiger partial charge in [-0.25, -0.2) is 0 Å². The Morgan fingerprint density at radius 2 is 1.55 bits per heavy atom. The summed E-state index contributed by atoms with van der Waals surface area (Å²) in [6, 6.07) is 0. The van der Waals surface area contributed by atoms with Gasteiger partial charge in [0.15, 0.2) is 0 Å². The van der Waals surface area contributed by atoms with E-state index in [2.05, 4.69) is 103 Å². The Morgan fingerprint density at radius 3 is 2.29 bits per heavy atom. The number of ether oxygens (including phenoxy) is 1. The lowest BCUT2D eigenvalue weighted by Crippen LogP contribution is -2.51. The molecule has 0 N–H and O–H groups in total. The van der Waals surface area contributed by atoms with Gasteiger partial charge in [-0.15, -0.1) is 0 Å². The summed E-state index contributed by atoms with van der Waals surface area (Å²) in [5, 5.41) is 0. The van der Waals surface area contributed by atoms with Crippen molar-refractivity contribution < 1.29 is 9.53 Å². The molecule has 0 heterocycles. The van der Waals surface area contributed by atoms with Crippen molar-refractivity contribution in [2.24, 2.45) is 52.3 Å². The van der Waals surface area contributed by atoms with E-state index >= 15 is 0 Å². The van der Waals surface area contributed by atoms with E-state index in [0.29, 0.717) is 17.3 Å². The van der Waals surface area contributed by atoms with Crippen molar-refractivity contribution in [2.45, 2.75) is 177 Å². The van der Waals surface area contributed by atoms with Crippen molar-refractivity contribution in [3.8, 4) is 0 Å². The highest BCUT2D eigenvalue weighted by molar-refractivity contribution is 5.69. The second kappa shape index (κ2) is 19.7. The Labute approximate surface area is 303 Å². The molecular weight excluding hydrogens is 597 g/mol. The van der Waals surface area contributed by atoms with E-state index in [9.17, 15) is 4.79 Å². The molecule has 4 aliphatic carbocycles. The number of fused-ring (bicyclic) bond motifs is 5. The molecule has 4 aliphatic rings. The highest BCUT2D eigenvalue weighted by Gasteiger charge is 2.59. The zero-order valence-corrected chi connectivity index (χ0v) is 33.1. The van der Waals surface area contributed by atoms with Gasteiger partial charge in [0.05, 0.1) is 0 Å². The summed E-state index contributed by atoms with van der Waals surface area (Å²) in [5.41, 5.74) is 2.48. The summed E-state index contributed by atoms with van der Waals surface area (Å²) in [7, 11) is 0. The van der Waals surface area contributed by atoms with Crippen LogP contribution in [0.4, 0.5) is 0 Å². The van der Waals surface area contributed by atoms with Crippen LogP contribution >= 0.6 is 0 Å². The van der Waals surface area contributed by atoms with Crippen molar-refractivity contribution in [1.82, 2.24) is 0 Å². The third kappa shape index (κ3) is 10.6. The Balaban J connectivity index is 1.16. The molecule has 9 unspecified atom stereocenters. The van der Waals surface area contributed by atoms with Crippen LogP contribution < -0.4 is 0 Å². The molecule has 0 aromatic heterocycles. The van der Waals surface area contributed by atoms with Crippen LogP contribution in [-0.4, -0.2) is 12.1 Å².